The van der Waals surface area contributed by atoms with Gasteiger partial charge in [0.25, 0.3) is 0 Å². The van der Waals surface area contributed by atoms with Crippen LogP contribution in [0.5, 0.6) is 0 Å². The minimum atomic E-state index is 0.842. The molecule has 0 spiro atoms. The van der Waals surface area contributed by atoms with Crippen LogP contribution in [0.25, 0.3) is 16.8 Å². The number of rotatable bonds is 5. The lowest BCUT2D eigenvalue weighted by atomic mass is 9.99. The highest BCUT2D eigenvalue weighted by molar-refractivity contribution is 9.10. The topological polar surface area (TPSA) is 46.3 Å². The number of hydrogen-bond donors (Lipinski definition) is 0. The maximum atomic E-state index is 4.55. The highest BCUT2D eigenvalue weighted by atomic mass is 79.9. The van der Waals surface area contributed by atoms with E-state index >= 15 is 0 Å². The van der Waals surface area contributed by atoms with Gasteiger partial charge in [0.2, 0.25) is 0 Å². The van der Waals surface area contributed by atoms with Gasteiger partial charge in [-0.25, -0.2) is 4.98 Å². The van der Waals surface area contributed by atoms with Gasteiger partial charge in [0.15, 0.2) is 5.65 Å². The molecule has 0 unspecified atom stereocenters. The normalized spacial score (nSPS) is 11.1. The van der Waals surface area contributed by atoms with Crippen LogP contribution < -0.4 is 4.90 Å². The van der Waals surface area contributed by atoms with E-state index in [1.54, 1.807) is 0 Å². The molecule has 1 aromatic carbocycles. The molecule has 3 aromatic heterocycles. The van der Waals surface area contributed by atoms with Gasteiger partial charge in [-0.3, -0.25) is 14.4 Å². The average molecular weight is 436 g/mol. The zero-order valence-corrected chi connectivity index (χ0v) is 17.8. The van der Waals surface area contributed by atoms with Crippen molar-refractivity contribution in [2.75, 3.05) is 19.0 Å². The van der Waals surface area contributed by atoms with Gasteiger partial charge in [-0.2, -0.15) is 0 Å². The third kappa shape index (κ3) is 3.64. The molecular formula is C22H22BrN5. The van der Waals surface area contributed by atoms with Crippen molar-refractivity contribution in [2.24, 2.45) is 0 Å². The van der Waals surface area contributed by atoms with Crippen molar-refractivity contribution in [3.8, 4) is 11.1 Å². The molecule has 0 bridgehead atoms. The Bertz CT molecular complexity index is 1130. The Morgan fingerprint density at radius 1 is 1.00 bits per heavy atom. The zero-order chi connectivity index (χ0) is 19.7. The summed E-state index contributed by atoms with van der Waals surface area (Å²) in [5, 5.41) is 0. The Labute approximate surface area is 173 Å². The Hall–Kier alpha value is -2.73. The molecule has 0 saturated carbocycles. The minimum Gasteiger partial charge on any atom is -0.377 e. The van der Waals surface area contributed by atoms with Crippen LogP contribution in [0.3, 0.4) is 0 Å². The number of fused-ring (bicyclic) bond motifs is 1. The monoisotopic (exact) mass is 435 g/mol. The maximum absolute atomic E-state index is 4.55. The van der Waals surface area contributed by atoms with E-state index in [4.69, 9.17) is 0 Å². The summed E-state index contributed by atoms with van der Waals surface area (Å²) in [5.41, 5.74) is 7.84. The van der Waals surface area contributed by atoms with Crippen molar-refractivity contribution in [2.45, 2.75) is 19.8 Å². The lowest BCUT2D eigenvalue weighted by Crippen LogP contribution is -2.11. The molecule has 0 amide bonds. The third-order valence-electron chi connectivity index (χ3n) is 4.86. The van der Waals surface area contributed by atoms with Gasteiger partial charge in [-0.05, 0) is 65.0 Å². The molecule has 0 N–H and O–H groups in total. The van der Waals surface area contributed by atoms with Crippen molar-refractivity contribution < 1.29 is 0 Å². The van der Waals surface area contributed by atoms with Crippen LogP contribution in [-0.4, -0.2) is 33.4 Å². The lowest BCUT2D eigenvalue weighted by molar-refractivity contribution is 0.899. The molecule has 3 heterocycles. The van der Waals surface area contributed by atoms with Crippen LogP contribution in [0, 0.1) is 6.92 Å². The van der Waals surface area contributed by atoms with Crippen molar-refractivity contribution in [1.29, 1.82) is 0 Å². The summed E-state index contributed by atoms with van der Waals surface area (Å²) in [7, 11) is 4.17. The van der Waals surface area contributed by atoms with E-state index in [2.05, 4.69) is 80.2 Å². The molecule has 0 saturated heterocycles. The van der Waals surface area contributed by atoms with Crippen molar-refractivity contribution in [3.05, 3.63) is 76.7 Å². The molecule has 0 radical (unpaired) electrons. The summed E-state index contributed by atoms with van der Waals surface area (Å²) in [4.78, 5) is 15.5. The number of anilines is 1. The summed E-state index contributed by atoms with van der Waals surface area (Å²) in [6.45, 7) is 2.02. The fraction of sp³-hybridized carbons (Fsp3) is 0.227. The van der Waals surface area contributed by atoms with Crippen molar-refractivity contribution >= 4 is 27.3 Å². The second-order valence-corrected chi connectivity index (χ2v) is 7.89. The van der Waals surface area contributed by atoms with E-state index in [0.29, 0.717) is 0 Å². The first kappa shape index (κ1) is 18.6. The molecule has 0 atom stereocenters. The lowest BCUT2D eigenvalue weighted by Gasteiger charge is -2.19. The van der Waals surface area contributed by atoms with E-state index in [-0.39, 0.29) is 0 Å². The first-order valence-corrected chi connectivity index (χ1v) is 10.0. The Morgan fingerprint density at radius 3 is 2.64 bits per heavy atom. The summed E-state index contributed by atoms with van der Waals surface area (Å²) in [5.74, 6) is 0. The number of pyridine rings is 1. The highest BCUT2D eigenvalue weighted by Crippen LogP contribution is 2.31. The smallest absolute Gasteiger partial charge is 0.159 e. The first-order chi connectivity index (χ1) is 13.5. The van der Waals surface area contributed by atoms with E-state index in [9.17, 15) is 0 Å². The third-order valence-corrected chi connectivity index (χ3v) is 5.44. The van der Waals surface area contributed by atoms with E-state index in [0.717, 1.165) is 34.5 Å². The van der Waals surface area contributed by atoms with E-state index < -0.39 is 0 Å². The van der Waals surface area contributed by atoms with Crippen molar-refractivity contribution in [3.63, 3.8) is 0 Å². The molecule has 0 aliphatic carbocycles. The van der Waals surface area contributed by atoms with E-state index in [1.165, 1.54) is 22.4 Å². The molecule has 142 valence electrons. The minimum absolute atomic E-state index is 0.842. The van der Waals surface area contributed by atoms with Gasteiger partial charge in [-0.1, -0.05) is 12.1 Å². The molecule has 4 rings (SSSR count). The van der Waals surface area contributed by atoms with Gasteiger partial charge in [0.05, 0.1) is 11.9 Å². The SMILES string of the molecule is Cc1cc(-c2ccc(CCc3nccn4c(Br)cnc34)cc2N(C)C)ccn1. The number of aromatic nitrogens is 4. The summed E-state index contributed by atoms with van der Waals surface area (Å²) < 4.78 is 2.96. The largest absolute Gasteiger partial charge is 0.377 e. The van der Waals surface area contributed by atoms with Crippen molar-refractivity contribution in [1.82, 2.24) is 19.4 Å². The number of halogens is 1. The second-order valence-electron chi connectivity index (χ2n) is 7.08. The first-order valence-electron chi connectivity index (χ1n) is 9.22. The molecule has 28 heavy (non-hydrogen) atoms. The number of nitrogens with zero attached hydrogens (tertiary/aromatic N) is 5. The van der Waals surface area contributed by atoms with Gasteiger partial charge in [0, 0.05) is 49.6 Å². The Morgan fingerprint density at radius 2 is 1.86 bits per heavy atom. The van der Waals surface area contributed by atoms with Gasteiger partial charge < -0.3 is 4.90 Å². The second kappa shape index (κ2) is 7.72. The summed E-state index contributed by atoms with van der Waals surface area (Å²) in [6.07, 6.45) is 9.19. The Balaban J connectivity index is 1.63. The standard InChI is InChI=1S/C22H22BrN5/c1-15-12-17(8-9-24-15)18-6-4-16(13-20(18)27(2)3)5-7-19-22-26-14-21(23)28(22)11-10-25-19/h4,6,8-14H,5,7H2,1-3H3. The zero-order valence-electron chi connectivity index (χ0n) is 16.2. The predicted octanol–water partition coefficient (Wildman–Crippen LogP) is 4.71. The van der Waals surface area contributed by atoms with E-state index in [1.807, 2.05) is 36.1 Å². The molecule has 6 heteroatoms. The predicted molar refractivity (Wildman–Crippen MR) is 117 cm³/mol. The number of aryl methyl sites for hydroxylation is 3. The molecule has 4 aromatic rings. The number of imidazole rings is 1. The molecular weight excluding hydrogens is 414 g/mol. The maximum Gasteiger partial charge on any atom is 0.159 e. The van der Waals surface area contributed by atoms with Crippen LogP contribution in [-0.2, 0) is 12.8 Å². The summed E-state index contributed by atoms with van der Waals surface area (Å²) in [6, 6.07) is 10.9. The fourth-order valence-corrected chi connectivity index (χ4v) is 3.83. The van der Waals surface area contributed by atoms with Crippen LogP contribution in [0.2, 0.25) is 0 Å². The Kier molecular flexibility index (Phi) is 5.13. The van der Waals surface area contributed by atoms with Crippen LogP contribution >= 0.6 is 15.9 Å². The van der Waals surface area contributed by atoms with Crippen LogP contribution in [0.4, 0.5) is 5.69 Å². The highest BCUT2D eigenvalue weighted by Gasteiger charge is 2.11. The number of benzene rings is 1. The fourth-order valence-electron chi connectivity index (χ4n) is 3.44. The van der Waals surface area contributed by atoms with Gasteiger partial charge in [-0.15, -0.1) is 0 Å². The molecule has 5 nitrogen and oxygen atoms in total. The average Bonchev–Trinajstić information content (AvgIpc) is 3.08. The summed E-state index contributed by atoms with van der Waals surface area (Å²) >= 11 is 3.52. The number of hydrogen-bond acceptors (Lipinski definition) is 4. The van der Waals surface area contributed by atoms with Gasteiger partial charge >= 0.3 is 0 Å². The van der Waals surface area contributed by atoms with Crippen LogP contribution in [0.1, 0.15) is 17.0 Å². The van der Waals surface area contributed by atoms with Crippen LogP contribution in [0.15, 0.2) is 59.7 Å². The molecule has 0 aliphatic rings. The van der Waals surface area contributed by atoms with Gasteiger partial charge in [0.1, 0.15) is 4.60 Å². The molecule has 0 aliphatic heterocycles. The quantitative estimate of drug-likeness (QED) is 0.455. The molecule has 0 fully saturated rings.